The van der Waals surface area contributed by atoms with E-state index in [1.165, 1.54) is 0 Å². The van der Waals surface area contributed by atoms with E-state index in [4.69, 9.17) is 0 Å². The van der Waals surface area contributed by atoms with Gasteiger partial charge in [-0.3, -0.25) is 9.48 Å². The summed E-state index contributed by atoms with van der Waals surface area (Å²) in [6.07, 6.45) is 2.56. The number of aryl methyl sites for hydroxylation is 1. The molecule has 19 heavy (non-hydrogen) atoms. The van der Waals surface area contributed by atoms with Gasteiger partial charge in [-0.2, -0.15) is 5.10 Å². The van der Waals surface area contributed by atoms with Gasteiger partial charge in [0.2, 0.25) is 0 Å². The summed E-state index contributed by atoms with van der Waals surface area (Å²) >= 11 is 0. The van der Waals surface area contributed by atoms with E-state index < -0.39 is 0 Å². The van der Waals surface area contributed by atoms with Crippen LogP contribution in [-0.2, 0) is 13.5 Å². The van der Waals surface area contributed by atoms with Gasteiger partial charge in [-0.25, -0.2) is 0 Å². The lowest BCUT2D eigenvalue weighted by Crippen LogP contribution is -2.26. The van der Waals surface area contributed by atoms with E-state index in [9.17, 15) is 9.90 Å². The van der Waals surface area contributed by atoms with E-state index in [0.29, 0.717) is 24.1 Å². The highest BCUT2D eigenvalue weighted by atomic mass is 16.3. The topological polar surface area (TPSA) is 67.2 Å². The molecule has 0 radical (unpaired) electrons. The molecular formula is C14H17N3O2. The standard InChI is InChI=1S/C14H17N3O2/c1-10-12(4-3-5-13(10)18)14(19)15-8-6-11-7-9-17(2)16-11/h3-5,7,9,18H,6,8H2,1-2H3,(H,15,19). The van der Waals surface area contributed by atoms with Crippen molar-refractivity contribution >= 4 is 5.91 Å². The highest BCUT2D eigenvalue weighted by Crippen LogP contribution is 2.19. The number of hydrogen-bond donors (Lipinski definition) is 2. The number of carbonyl (C=O) groups excluding carboxylic acids is 1. The van der Waals surface area contributed by atoms with Gasteiger partial charge in [-0.05, 0) is 25.1 Å². The van der Waals surface area contributed by atoms with Gasteiger partial charge in [0.1, 0.15) is 5.75 Å². The molecule has 1 heterocycles. The van der Waals surface area contributed by atoms with Crippen molar-refractivity contribution in [3.63, 3.8) is 0 Å². The first-order chi connectivity index (χ1) is 9.08. The average Bonchev–Trinajstić information content (AvgIpc) is 2.78. The molecule has 0 saturated carbocycles. The zero-order valence-corrected chi connectivity index (χ0v) is 11.1. The Balaban J connectivity index is 1.93. The average molecular weight is 259 g/mol. The van der Waals surface area contributed by atoms with Crippen molar-refractivity contribution in [2.75, 3.05) is 6.54 Å². The van der Waals surface area contributed by atoms with E-state index in [0.717, 1.165) is 5.69 Å². The zero-order valence-electron chi connectivity index (χ0n) is 11.1. The molecule has 0 unspecified atom stereocenters. The van der Waals surface area contributed by atoms with Crippen LogP contribution in [0.3, 0.4) is 0 Å². The predicted octanol–water partition coefficient (Wildman–Crippen LogP) is 1.41. The summed E-state index contributed by atoms with van der Waals surface area (Å²) in [4.78, 5) is 12.0. The molecule has 0 bridgehead atoms. The minimum Gasteiger partial charge on any atom is -0.508 e. The fourth-order valence-corrected chi connectivity index (χ4v) is 1.87. The Hall–Kier alpha value is -2.30. The smallest absolute Gasteiger partial charge is 0.251 e. The maximum Gasteiger partial charge on any atom is 0.251 e. The van der Waals surface area contributed by atoms with Crippen LogP contribution in [0.25, 0.3) is 0 Å². The third kappa shape index (κ3) is 3.13. The summed E-state index contributed by atoms with van der Waals surface area (Å²) in [5.41, 5.74) is 2.04. The fraction of sp³-hybridized carbons (Fsp3) is 0.286. The predicted molar refractivity (Wildman–Crippen MR) is 72.1 cm³/mol. The second-order valence-corrected chi connectivity index (χ2v) is 4.44. The summed E-state index contributed by atoms with van der Waals surface area (Å²) < 4.78 is 1.73. The zero-order chi connectivity index (χ0) is 13.8. The van der Waals surface area contributed by atoms with Crippen LogP contribution >= 0.6 is 0 Å². The van der Waals surface area contributed by atoms with Crippen molar-refractivity contribution in [3.8, 4) is 5.75 Å². The lowest BCUT2D eigenvalue weighted by molar-refractivity contribution is 0.0953. The number of amides is 1. The third-order valence-electron chi connectivity index (χ3n) is 2.99. The van der Waals surface area contributed by atoms with Gasteiger partial charge in [-0.15, -0.1) is 0 Å². The van der Waals surface area contributed by atoms with Crippen molar-refractivity contribution in [1.29, 1.82) is 0 Å². The van der Waals surface area contributed by atoms with Crippen LogP contribution in [0.1, 0.15) is 21.6 Å². The number of benzene rings is 1. The van der Waals surface area contributed by atoms with E-state index in [1.54, 1.807) is 29.8 Å². The van der Waals surface area contributed by atoms with Crippen LogP contribution in [0.4, 0.5) is 0 Å². The van der Waals surface area contributed by atoms with Gasteiger partial charge < -0.3 is 10.4 Å². The van der Waals surface area contributed by atoms with Gasteiger partial charge >= 0.3 is 0 Å². The minimum absolute atomic E-state index is 0.136. The maximum absolute atomic E-state index is 12.0. The molecule has 0 aliphatic heterocycles. The molecule has 100 valence electrons. The Morgan fingerprint density at radius 2 is 2.21 bits per heavy atom. The largest absolute Gasteiger partial charge is 0.508 e. The number of aromatic nitrogens is 2. The SMILES string of the molecule is Cc1c(O)cccc1C(=O)NCCc1ccn(C)n1. The van der Waals surface area contributed by atoms with Crippen LogP contribution in [0.15, 0.2) is 30.5 Å². The monoisotopic (exact) mass is 259 g/mol. The maximum atomic E-state index is 12.0. The number of nitrogens with zero attached hydrogens (tertiary/aromatic N) is 2. The second kappa shape index (κ2) is 5.56. The van der Waals surface area contributed by atoms with Crippen LogP contribution < -0.4 is 5.32 Å². The number of hydrogen-bond acceptors (Lipinski definition) is 3. The number of carbonyl (C=O) groups is 1. The Morgan fingerprint density at radius 1 is 1.42 bits per heavy atom. The molecule has 1 amide bonds. The first kappa shape index (κ1) is 13.1. The molecule has 0 atom stereocenters. The number of phenolic OH excluding ortho intramolecular Hbond substituents is 1. The van der Waals surface area contributed by atoms with Crippen LogP contribution in [0, 0.1) is 6.92 Å². The van der Waals surface area contributed by atoms with Crippen LogP contribution in [0.5, 0.6) is 5.75 Å². The molecule has 1 aromatic heterocycles. The molecule has 2 rings (SSSR count). The molecule has 1 aromatic carbocycles. The van der Waals surface area contributed by atoms with E-state index in [1.807, 2.05) is 19.3 Å². The lowest BCUT2D eigenvalue weighted by atomic mass is 10.1. The number of phenols is 1. The molecule has 0 fully saturated rings. The van der Waals surface area contributed by atoms with Crippen molar-refractivity contribution in [1.82, 2.24) is 15.1 Å². The summed E-state index contributed by atoms with van der Waals surface area (Å²) in [5, 5.41) is 16.6. The summed E-state index contributed by atoms with van der Waals surface area (Å²) in [6.45, 7) is 2.24. The highest BCUT2D eigenvalue weighted by molar-refractivity contribution is 5.96. The van der Waals surface area contributed by atoms with Gasteiger partial charge in [0.15, 0.2) is 0 Å². The summed E-state index contributed by atoms with van der Waals surface area (Å²) in [5.74, 6) is -0.0401. The molecule has 5 nitrogen and oxygen atoms in total. The molecule has 2 aromatic rings. The fourth-order valence-electron chi connectivity index (χ4n) is 1.87. The van der Waals surface area contributed by atoms with Crippen molar-refractivity contribution in [2.24, 2.45) is 7.05 Å². The number of nitrogens with one attached hydrogen (secondary N) is 1. The summed E-state index contributed by atoms with van der Waals surface area (Å²) in [6, 6.07) is 6.85. The van der Waals surface area contributed by atoms with E-state index >= 15 is 0 Å². The highest BCUT2D eigenvalue weighted by Gasteiger charge is 2.10. The first-order valence-electron chi connectivity index (χ1n) is 6.13. The normalized spacial score (nSPS) is 10.4. The molecule has 0 aliphatic carbocycles. The van der Waals surface area contributed by atoms with Crippen molar-refractivity contribution in [3.05, 3.63) is 47.3 Å². The Labute approximate surface area is 111 Å². The molecule has 5 heteroatoms. The van der Waals surface area contributed by atoms with Crippen LogP contribution in [-0.4, -0.2) is 27.3 Å². The Bertz CT molecular complexity index is 590. The van der Waals surface area contributed by atoms with Gasteiger partial charge in [0, 0.05) is 37.3 Å². The third-order valence-corrected chi connectivity index (χ3v) is 2.99. The molecular weight excluding hydrogens is 242 g/mol. The van der Waals surface area contributed by atoms with Gasteiger partial charge in [0.25, 0.3) is 5.91 Å². The number of aromatic hydroxyl groups is 1. The van der Waals surface area contributed by atoms with Crippen molar-refractivity contribution < 1.29 is 9.90 Å². The Kier molecular flexibility index (Phi) is 3.85. The molecule has 0 spiro atoms. The number of rotatable bonds is 4. The lowest BCUT2D eigenvalue weighted by Gasteiger charge is -2.08. The molecule has 0 aliphatic rings. The van der Waals surface area contributed by atoms with Crippen molar-refractivity contribution in [2.45, 2.75) is 13.3 Å². The van der Waals surface area contributed by atoms with Crippen LogP contribution in [0.2, 0.25) is 0 Å². The second-order valence-electron chi connectivity index (χ2n) is 4.44. The minimum atomic E-state index is -0.177. The summed E-state index contributed by atoms with van der Waals surface area (Å²) in [7, 11) is 1.86. The molecule has 0 saturated heterocycles. The Morgan fingerprint density at radius 3 is 2.89 bits per heavy atom. The van der Waals surface area contributed by atoms with E-state index in [2.05, 4.69) is 10.4 Å². The van der Waals surface area contributed by atoms with E-state index in [-0.39, 0.29) is 11.7 Å². The quantitative estimate of drug-likeness (QED) is 0.872. The van der Waals surface area contributed by atoms with Gasteiger partial charge in [0.05, 0.1) is 5.69 Å². The first-order valence-corrected chi connectivity index (χ1v) is 6.13. The molecule has 2 N–H and O–H groups in total. The van der Waals surface area contributed by atoms with Gasteiger partial charge in [-0.1, -0.05) is 6.07 Å².